The molecule has 5 amide bonds. The smallest absolute Gasteiger partial charge is 0.335 e. The van der Waals surface area contributed by atoms with E-state index in [0.29, 0.717) is 11.4 Å². The Kier molecular flexibility index (Phi) is 7.88. The molecule has 13 heteroatoms. The SMILES string of the molecule is CN1CCC(NC(=O)Nc2cc(CN3C(=O)N(c4ccc(SC(F)(F)F)cc4)C(=O)C3(C)C)ccn2)CC1. The Morgan fingerprint density at radius 3 is 2.42 bits per heavy atom. The summed E-state index contributed by atoms with van der Waals surface area (Å²) >= 11 is -0.270. The van der Waals surface area contributed by atoms with E-state index >= 15 is 0 Å². The zero-order valence-electron chi connectivity index (χ0n) is 21.2. The number of piperidine rings is 1. The number of likely N-dealkylation sites (tertiary alicyclic amines) is 1. The van der Waals surface area contributed by atoms with Crippen LogP contribution in [-0.2, 0) is 11.3 Å². The Balaban J connectivity index is 1.43. The van der Waals surface area contributed by atoms with Gasteiger partial charge >= 0.3 is 17.6 Å². The molecule has 2 saturated heterocycles. The van der Waals surface area contributed by atoms with Crippen molar-refractivity contribution in [2.75, 3.05) is 30.4 Å². The second kappa shape index (κ2) is 10.8. The van der Waals surface area contributed by atoms with E-state index in [-0.39, 0.29) is 41.0 Å². The number of rotatable bonds is 6. The first-order valence-corrected chi connectivity index (χ1v) is 12.9. The summed E-state index contributed by atoms with van der Waals surface area (Å²) in [5.41, 5.74) is -4.82. The fourth-order valence-corrected chi connectivity index (χ4v) is 4.98. The lowest BCUT2D eigenvalue weighted by Gasteiger charge is -2.29. The zero-order valence-corrected chi connectivity index (χ0v) is 22.0. The molecule has 0 atom stereocenters. The highest BCUT2D eigenvalue weighted by Crippen LogP contribution is 2.39. The van der Waals surface area contributed by atoms with Gasteiger partial charge in [-0.25, -0.2) is 19.5 Å². The van der Waals surface area contributed by atoms with E-state index in [9.17, 15) is 27.6 Å². The lowest BCUT2D eigenvalue weighted by Crippen LogP contribution is -2.45. The van der Waals surface area contributed by atoms with Crippen LogP contribution in [0.4, 0.5) is 34.3 Å². The van der Waals surface area contributed by atoms with Gasteiger partial charge in [0, 0.05) is 23.7 Å². The summed E-state index contributed by atoms with van der Waals surface area (Å²) in [5.74, 6) is -0.193. The second-order valence-electron chi connectivity index (χ2n) is 9.84. The molecule has 38 heavy (non-hydrogen) atoms. The van der Waals surface area contributed by atoms with Gasteiger partial charge in [0.2, 0.25) is 0 Å². The summed E-state index contributed by atoms with van der Waals surface area (Å²) in [5, 5.41) is 5.68. The van der Waals surface area contributed by atoms with Gasteiger partial charge in [-0.2, -0.15) is 13.2 Å². The van der Waals surface area contributed by atoms with Crippen molar-refractivity contribution in [1.82, 2.24) is 20.1 Å². The number of pyridine rings is 1. The van der Waals surface area contributed by atoms with Crippen molar-refractivity contribution < 1.29 is 27.6 Å². The van der Waals surface area contributed by atoms with Crippen LogP contribution in [0.15, 0.2) is 47.5 Å². The highest BCUT2D eigenvalue weighted by Gasteiger charge is 2.51. The van der Waals surface area contributed by atoms with Crippen molar-refractivity contribution in [3.63, 3.8) is 0 Å². The van der Waals surface area contributed by atoms with Gasteiger partial charge in [-0.05, 0) is 101 Å². The molecule has 2 N–H and O–H groups in total. The number of anilines is 2. The van der Waals surface area contributed by atoms with E-state index in [2.05, 4.69) is 20.5 Å². The molecular weight excluding hydrogens is 521 g/mol. The normalized spacial score (nSPS) is 18.7. The second-order valence-corrected chi connectivity index (χ2v) is 11.0. The first-order valence-electron chi connectivity index (χ1n) is 12.1. The number of aromatic nitrogens is 1. The van der Waals surface area contributed by atoms with Gasteiger partial charge in [-0.15, -0.1) is 0 Å². The van der Waals surface area contributed by atoms with Crippen molar-refractivity contribution >= 4 is 41.2 Å². The number of thioether (sulfide) groups is 1. The van der Waals surface area contributed by atoms with Crippen LogP contribution in [-0.4, -0.2) is 70.0 Å². The fourth-order valence-electron chi connectivity index (χ4n) is 4.44. The van der Waals surface area contributed by atoms with Crippen LogP contribution in [0.3, 0.4) is 0 Å². The average molecular weight is 551 g/mol. The Labute approximate surface area is 222 Å². The van der Waals surface area contributed by atoms with E-state index in [0.717, 1.165) is 30.8 Å². The average Bonchev–Trinajstić information content (AvgIpc) is 3.00. The summed E-state index contributed by atoms with van der Waals surface area (Å²) in [7, 11) is 2.04. The maximum Gasteiger partial charge on any atom is 0.446 e. The number of nitrogens with one attached hydrogen (secondary N) is 2. The van der Waals surface area contributed by atoms with E-state index in [4.69, 9.17) is 0 Å². The molecule has 0 unspecified atom stereocenters. The zero-order chi connectivity index (χ0) is 27.7. The van der Waals surface area contributed by atoms with Crippen LogP contribution in [0.2, 0.25) is 0 Å². The Hall–Kier alpha value is -3.32. The third-order valence-electron chi connectivity index (χ3n) is 6.61. The molecule has 0 spiro atoms. The van der Waals surface area contributed by atoms with Gasteiger partial charge < -0.3 is 15.1 Å². The largest absolute Gasteiger partial charge is 0.446 e. The summed E-state index contributed by atoms with van der Waals surface area (Å²) < 4.78 is 37.9. The van der Waals surface area contributed by atoms with Crippen LogP contribution < -0.4 is 15.5 Å². The van der Waals surface area contributed by atoms with Crippen molar-refractivity contribution in [3.8, 4) is 0 Å². The molecular formula is C25H29F3N6O3S. The number of amides is 5. The number of carbonyl (C=O) groups excluding carboxylic acids is 3. The van der Waals surface area contributed by atoms with Crippen LogP contribution >= 0.6 is 11.8 Å². The molecule has 0 saturated carbocycles. The molecule has 2 aliphatic rings. The minimum Gasteiger partial charge on any atom is -0.335 e. The maximum atomic E-state index is 13.3. The minimum absolute atomic E-state index is 0.0480. The first-order chi connectivity index (χ1) is 17.8. The number of hydrogen-bond acceptors (Lipinski definition) is 6. The molecule has 9 nitrogen and oxygen atoms in total. The molecule has 204 valence electrons. The predicted molar refractivity (Wildman–Crippen MR) is 138 cm³/mol. The highest BCUT2D eigenvalue weighted by molar-refractivity contribution is 8.00. The number of benzene rings is 1. The van der Waals surface area contributed by atoms with Crippen molar-refractivity contribution in [1.29, 1.82) is 0 Å². The van der Waals surface area contributed by atoms with Crippen molar-refractivity contribution in [2.45, 2.75) is 55.2 Å². The fraction of sp³-hybridized carbons (Fsp3) is 0.440. The summed E-state index contributed by atoms with van der Waals surface area (Å²) in [6, 6.07) is 7.52. The van der Waals surface area contributed by atoms with Gasteiger partial charge in [0.1, 0.15) is 11.4 Å². The Morgan fingerprint density at radius 2 is 1.79 bits per heavy atom. The molecule has 2 aromatic rings. The highest BCUT2D eigenvalue weighted by atomic mass is 32.2. The summed E-state index contributed by atoms with van der Waals surface area (Å²) in [6.45, 7) is 5.09. The molecule has 2 fully saturated rings. The molecule has 0 bridgehead atoms. The minimum atomic E-state index is -4.44. The third kappa shape index (κ3) is 6.38. The number of carbonyl (C=O) groups is 3. The van der Waals surface area contributed by atoms with Crippen LogP contribution in [0.1, 0.15) is 32.3 Å². The van der Waals surface area contributed by atoms with E-state index in [1.807, 2.05) is 7.05 Å². The maximum absolute atomic E-state index is 13.3. The molecule has 3 heterocycles. The third-order valence-corrected chi connectivity index (χ3v) is 7.35. The van der Waals surface area contributed by atoms with Crippen LogP contribution in [0.25, 0.3) is 0 Å². The first kappa shape index (κ1) is 27.7. The Bertz CT molecular complexity index is 1200. The molecule has 4 rings (SSSR count). The number of alkyl halides is 3. The monoisotopic (exact) mass is 550 g/mol. The number of halogens is 3. The predicted octanol–water partition coefficient (Wildman–Crippen LogP) is 4.66. The van der Waals surface area contributed by atoms with Gasteiger partial charge in [0.25, 0.3) is 5.91 Å². The topological polar surface area (TPSA) is 97.9 Å². The van der Waals surface area contributed by atoms with E-state index < -0.39 is 23.0 Å². The molecule has 0 aliphatic carbocycles. The summed E-state index contributed by atoms with van der Waals surface area (Å²) in [4.78, 5) is 47.6. The number of hydrogen-bond donors (Lipinski definition) is 2. The van der Waals surface area contributed by atoms with Crippen molar-refractivity contribution in [2.24, 2.45) is 0 Å². The number of nitrogens with zero attached hydrogens (tertiary/aromatic N) is 4. The van der Waals surface area contributed by atoms with Gasteiger partial charge in [0.05, 0.1) is 5.69 Å². The Morgan fingerprint density at radius 1 is 1.13 bits per heavy atom. The molecule has 1 aromatic carbocycles. The van der Waals surface area contributed by atoms with Gasteiger partial charge in [-0.3, -0.25) is 10.1 Å². The number of imide groups is 1. The lowest BCUT2D eigenvalue weighted by molar-refractivity contribution is -0.123. The number of urea groups is 2. The lowest BCUT2D eigenvalue weighted by atomic mass is 10.0. The van der Waals surface area contributed by atoms with Gasteiger partial charge in [-0.1, -0.05) is 0 Å². The van der Waals surface area contributed by atoms with E-state index in [1.165, 1.54) is 35.4 Å². The van der Waals surface area contributed by atoms with Crippen LogP contribution in [0, 0.1) is 0 Å². The van der Waals surface area contributed by atoms with Crippen molar-refractivity contribution in [3.05, 3.63) is 48.2 Å². The molecule has 2 aliphatic heterocycles. The molecule has 0 radical (unpaired) electrons. The van der Waals surface area contributed by atoms with Gasteiger partial charge in [0.15, 0.2) is 0 Å². The van der Waals surface area contributed by atoms with Crippen LogP contribution in [0.5, 0.6) is 0 Å². The standard InChI is InChI=1S/C25H29F3N6O3S/c1-24(2)21(35)34(18-4-6-19(7-5-18)38-25(26,27)28)23(37)33(24)15-16-8-11-29-20(14-16)31-22(36)30-17-9-12-32(3)13-10-17/h4-8,11,14,17H,9-10,12-13,15H2,1-3H3,(H2,29,30,31,36). The molecule has 1 aromatic heterocycles. The summed E-state index contributed by atoms with van der Waals surface area (Å²) in [6.07, 6.45) is 3.22. The quantitative estimate of drug-likeness (QED) is 0.401. The van der Waals surface area contributed by atoms with E-state index in [1.54, 1.807) is 26.0 Å².